The van der Waals surface area contributed by atoms with Gasteiger partial charge >= 0.3 is 5.63 Å². The predicted molar refractivity (Wildman–Crippen MR) is 70.8 cm³/mol. The maximum absolute atomic E-state index is 11.9. The molecule has 0 aliphatic carbocycles. The number of nitro benzene ring substituents is 1. The summed E-state index contributed by atoms with van der Waals surface area (Å²) >= 11 is 0. The van der Waals surface area contributed by atoms with E-state index in [0.29, 0.717) is 5.76 Å². The highest BCUT2D eigenvalue weighted by Crippen LogP contribution is 2.13. The number of nitrogens with one attached hydrogen (secondary N) is 1. The highest BCUT2D eigenvalue weighted by Gasteiger charge is 2.11. The zero-order valence-corrected chi connectivity index (χ0v) is 10.5. The first kappa shape index (κ1) is 13.5. The van der Waals surface area contributed by atoms with Gasteiger partial charge in [-0.3, -0.25) is 14.9 Å². The third-order valence-electron chi connectivity index (χ3n) is 2.55. The Morgan fingerprint density at radius 2 is 1.85 bits per heavy atom. The van der Waals surface area contributed by atoms with Crippen molar-refractivity contribution in [2.45, 2.75) is 6.92 Å². The van der Waals surface area contributed by atoms with E-state index in [1.807, 2.05) is 0 Å². The molecule has 20 heavy (non-hydrogen) atoms. The van der Waals surface area contributed by atoms with Crippen LogP contribution in [0.25, 0.3) is 0 Å². The summed E-state index contributed by atoms with van der Waals surface area (Å²) < 4.78 is 4.84. The fourth-order valence-corrected chi connectivity index (χ4v) is 1.53. The van der Waals surface area contributed by atoms with Crippen LogP contribution in [0, 0.1) is 17.0 Å². The zero-order chi connectivity index (χ0) is 14.7. The van der Waals surface area contributed by atoms with Crippen molar-refractivity contribution in [2.75, 3.05) is 5.32 Å². The third kappa shape index (κ3) is 2.89. The van der Waals surface area contributed by atoms with Crippen molar-refractivity contribution in [3.8, 4) is 0 Å². The molecule has 0 bridgehead atoms. The number of amides is 1. The summed E-state index contributed by atoms with van der Waals surface area (Å²) in [5.41, 5.74) is -0.550. The molecule has 0 unspecified atom stereocenters. The van der Waals surface area contributed by atoms with Gasteiger partial charge in [-0.05, 0) is 31.2 Å². The summed E-state index contributed by atoms with van der Waals surface area (Å²) in [6, 6.07) is 8.03. The molecule has 7 heteroatoms. The smallest absolute Gasteiger partial charge is 0.359 e. The summed E-state index contributed by atoms with van der Waals surface area (Å²) in [6.45, 7) is 1.61. The van der Waals surface area contributed by atoms with Gasteiger partial charge in [-0.2, -0.15) is 0 Å². The third-order valence-corrected chi connectivity index (χ3v) is 2.55. The van der Waals surface area contributed by atoms with E-state index in [1.54, 1.807) is 13.0 Å². The first-order valence-corrected chi connectivity index (χ1v) is 5.64. The largest absolute Gasteiger partial charge is 0.427 e. The van der Waals surface area contributed by atoms with Gasteiger partial charge in [-0.15, -0.1) is 0 Å². The summed E-state index contributed by atoms with van der Waals surface area (Å²) in [4.78, 5) is 33.3. The Bertz CT molecular complexity index is 718. The van der Waals surface area contributed by atoms with Crippen LogP contribution in [0.15, 0.2) is 45.6 Å². The number of rotatable bonds is 3. The Kier molecular flexibility index (Phi) is 3.60. The second-order valence-electron chi connectivity index (χ2n) is 4.01. The van der Waals surface area contributed by atoms with Crippen molar-refractivity contribution in [2.24, 2.45) is 0 Å². The minimum absolute atomic E-state index is 0.0129. The minimum Gasteiger partial charge on any atom is -0.427 e. The highest BCUT2D eigenvalue weighted by molar-refractivity contribution is 6.04. The lowest BCUT2D eigenvalue weighted by molar-refractivity contribution is -0.384. The number of hydrogen-bond acceptors (Lipinski definition) is 5. The predicted octanol–water partition coefficient (Wildman–Crippen LogP) is 2.11. The van der Waals surface area contributed by atoms with Crippen molar-refractivity contribution >= 4 is 17.3 Å². The normalized spacial score (nSPS) is 10.1. The van der Waals surface area contributed by atoms with Gasteiger partial charge in [0.1, 0.15) is 11.4 Å². The maximum atomic E-state index is 11.9. The molecule has 0 aliphatic rings. The molecular formula is C13H10N2O5. The summed E-state index contributed by atoms with van der Waals surface area (Å²) in [6.07, 6.45) is 0. The molecule has 7 nitrogen and oxygen atoms in total. The van der Waals surface area contributed by atoms with E-state index < -0.39 is 16.5 Å². The molecule has 0 atom stereocenters. The first-order valence-electron chi connectivity index (χ1n) is 5.64. The molecule has 1 heterocycles. The standard InChI is InChI=1S/C13H10N2O5/c1-8-2-7-11(13(17)20-8)14-12(16)9-3-5-10(6-4-9)15(18)19/h2-7H,1H3,(H,14,16). The topological polar surface area (TPSA) is 102 Å². The number of anilines is 1. The number of nitro groups is 1. The Balaban J connectivity index is 2.19. The van der Waals surface area contributed by atoms with E-state index in [1.165, 1.54) is 30.3 Å². The van der Waals surface area contributed by atoms with Crippen molar-refractivity contribution in [3.63, 3.8) is 0 Å². The van der Waals surface area contributed by atoms with E-state index in [4.69, 9.17) is 4.42 Å². The lowest BCUT2D eigenvalue weighted by Gasteiger charge is -2.03. The fraction of sp³-hybridized carbons (Fsp3) is 0.0769. The molecule has 0 aliphatic heterocycles. The molecule has 0 radical (unpaired) electrons. The highest BCUT2D eigenvalue weighted by atomic mass is 16.6. The van der Waals surface area contributed by atoms with Crippen LogP contribution in [0.1, 0.15) is 16.1 Å². The summed E-state index contributed by atoms with van der Waals surface area (Å²) in [5.74, 6) is -0.112. The molecule has 1 amide bonds. The summed E-state index contributed by atoms with van der Waals surface area (Å²) in [5, 5.41) is 12.9. The van der Waals surface area contributed by atoms with E-state index >= 15 is 0 Å². The van der Waals surface area contributed by atoms with Crippen LogP contribution in [0.2, 0.25) is 0 Å². The Labute approximate surface area is 113 Å². The second-order valence-corrected chi connectivity index (χ2v) is 4.01. The van der Waals surface area contributed by atoms with Crippen LogP contribution in [0.4, 0.5) is 11.4 Å². The average Bonchev–Trinajstić information content (AvgIpc) is 2.42. The van der Waals surface area contributed by atoms with Crippen molar-refractivity contribution in [1.82, 2.24) is 0 Å². The molecule has 0 saturated carbocycles. The van der Waals surface area contributed by atoms with Crippen molar-refractivity contribution in [1.29, 1.82) is 0 Å². The quantitative estimate of drug-likeness (QED) is 0.682. The van der Waals surface area contributed by atoms with Crippen LogP contribution in [0.3, 0.4) is 0 Å². The van der Waals surface area contributed by atoms with Crippen LogP contribution in [-0.2, 0) is 0 Å². The number of carbonyl (C=O) groups is 1. The van der Waals surface area contributed by atoms with Crippen molar-refractivity contribution < 1.29 is 14.1 Å². The molecule has 0 spiro atoms. The van der Waals surface area contributed by atoms with E-state index in [0.717, 1.165) is 0 Å². The van der Waals surface area contributed by atoms with Gasteiger partial charge in [0, 0.05) is 17.7 Å². The molecular weight excluding hydrogens is 264 g/mol. The Morgan fingerprint density at radius 1 is 1.20 bits per heavy atom. The van der Waals surface area contributed by atoms with E-state index in [9.17, 15) is 19.7 Å². The molecule has 0 fully saturated rings. The average molecular weight is 274 g/mol. The number of hydrogen-bond donors (Lipinski definition) is 1. The molecule has 1 N–H and O–H groups in total. The number of nitrogens with zero attached hydrogens (tertiary/aromatic N) is 1. The van der Waals surface area contributed by atoms with Gasteiger partial charge in [0.05, 0.1) is 4.92 Å². The van der Waals surface area contributed by atoms with Crippen LogP contribution in [0.5, 0.6) is 0 Å². The number of non-ortho nitro benzene ring substituents is 1. The number of carbonyl (C=O) groups excluding carboxylic acids is 1. The van der Waals surface area contributed by atoms with Gasteiger partial charge < -0.3 is 9.73 Å². The lowest BCUT2D eigenvalue weighted by Crippen LogP contribution is -2.17. The maximum Gasteiger partial charge on any atom is 0.359 e. The van der Waals surface area contributed by atoms with E-state index in [2.05, 4.69) is 5.32 Å². The monoisotopic (exact) mass is 274 g/mol. The first-order chi connectivity index (χ1) is 9.47. The molecule has 102 valence electrons. The van der Waals surface area contributed by atoms with Crippen LogP contribution < -0.4 is 10.9 Å². The van der Waals surface area contributed by atoms with Crippen LogP contribution >= 0.6 is 0 Å². The van der Waals surface area contributed by atoms with Gasteiger partial charge in [-0.25, -0.2) is 4.79 Å². The fourth-order valence-electron chi connectivity index (χ4n) is 1.53. The van der Waals surface area contributed by atoms with Crippen molar-refractivity contribution in [3.05, 3.63) is 68.3 Å². The lowest BCUT2D eigenvalue weighted by atomic mass is 10.2. The SMILES string of the molecule is Cc1ccc(NC(=O)c2ccc([N+](=O)[O-])cc2)c(=O)o1. The molecule has 1 aromatic heterocycles. The minimum atomic E-state index is -0.653. The molecule has 0 saturated heterocycles. The molecule has 2 aromatic rings. The van der Waals surface area contributed by atoms with Gasteiger partial charge in [-0.1, -0.05) is 0 Å². The van der Waals surface area contributed by atoms with Gasteiger partial charge in [0.2, 0.25) is 0 Å². The number of benzene rings is 1. The van der Waals surface area contributed by atoms with Gasteiger partial charge in [0.25, 0.3) is 11.6 Å². The van der Waals surface area contributed by atoms with E-state index in [-0.39, 0.29) is 16.9 Å². The molecule has 1 aromatic carbocycles. The summed E-state index contributed by atoms with van der Waals surface area (Å²) in [7, 11) is 0. The zero-order valence-electron chi connectivity index (χ0n) is 10.5. The Morgan fingerprint density at radius 3 is 2.40 bits per heavy atom. The Hall–Kier alpha value is -2.96. The number of aryl methyl sites for hydroxylation is 1. The van der Waals surface area contributed by atoms with Gasteiger partial charge in [0.15, 0.2) is 0 Å². The molecule has 2 rings (SSSR count). The second kappa shape index (κ2) is 5.35. The van der Waals surface area contributed by atoms with Crippen LogP contribution in [-0.4, -0.2) is 10.8 Å².